The summed E-state index contributed by atoms with van der Waals surface area (Å²) in [6.07, 6.45) is -7.81. The van der Waals surface area contributed by atoms with Gasteiger partial charge in [-0.3, -0.25) is 22.9 Å². The largest absolute Gasteiger partial charge is 0.480 e. The molecule has 0 amide bonds. The number of carboxylic acid groups (broad SMARTS) is 1. The first-order valence-electron chi connectivity index (χ1n) is 13.9. The molecule has 3 saturated heterocycles. The molecule has 0 bridgehead atoms. The van der Waals surface area contributed by atoms with Crippen molar-refractivity contribution >= 4 is 21.6 Å². The lowest BCUT2D eigenvalue weighted by Gasteiger charge is -2.24. The second-order valence-electron chi connectivity index (χ2n) is 10.5. The Morgan fingerprint density at radius 1 is 0.844 bits per heavy atom. The molecule has 3 aliphatic rings. The zero-order valence-corrected chi connectivity index (χ0v) is 25.9. The van der Waals surface area contributed by atoms with E-state index in [1.54, 1.807) is 0 Å². The molecule has 258 valence electrons. The molecule has 11 unspecified atom stereocenters. The fraction of sp³-hybridized carbons (Fsp3) is 0.708. The minimum absolute atomic E-state index is 0.0378. The number of aliphatic hydroxyl groups excluding tert-OH is 2. The van der Waals surface area contributed by atoms with Gasteiger partial charge < -0.3 is 62.3 Å². The summed E-state index contributed by atoms with van der Waals surface area (Å²) >= 11 is 0. The molecule has 4 rings (SSSR count). The topological polar surface area (TPSA) is 321 Å². The van der Waals surface area contributed by atoms with Crippen molar-refractivity contribution in [3.63, 3.8) is 0 Å². The van der Waals surface area contributed by atoms with Crippen LogP contribution in [0.2, 0.25) is 0 Å². The number of hydrogen-bond acceptors (Lipinski definition) is 16. The number of phosphoric acid groups is 2. The van der Waals surface area contributed by atoms with Crippen LogP contribution < -0.4 is 22.9 Å². The molecular formula is C24H42N4O15P2. The summed E-state index contributed by atoms with van der Waals surface area (Å²) in [6.45, 7) is -1.51. The Morgan fingerprint density at radius 2 is 1.31 bits per heavy atom. The van der Waals surface area contributed by atoms with E-state index in [0.717, 1.165) is 5.56 Å². The van der Waals surface area contributed by atoms with Crippen LogP contribution in [0.3, 0.4) is 0 Å². The molecule has 19 nitrogen and oxygen atoms in total. The molecule has 0 spiro atoms. The smallest absolute Gasteiger partial charge is 0.472 e. The van der Waals surface area contributed by atoms with Crippen LogP contribution in [0.4, 0.5) is 0 Å². The monoisotopic (exact) mass is 688 g/mol. The molecule has 12 atom stereocenters. The van der Waals surface area contributed by atoms with Crippen LogP contribution >= 0.6 is 15.6 Å². The third-order valence-electron chi connectivity index (χ3n) is 6.85. The molecule has 0 aliphatic carbocycles. The Balaban J connectivity index is 0.000000385. The van der Waals surface area contributed by atoms with E-state index in [1.165, 1.54) is 0 Å². The van der Waals surface area contributed by atoms with Gasteiger partial charge in [-0.25, -0.2) is 9.13 Å². The molecule has 45 heavy (non-hydrogen) atoms. The highest BCUT2D eigenvalue weighted by molar-refractivity contribution is 7.47. The summed E-state index contributed by atoms with van der Waals surface area (Å²) in [6, 6.07) is 8.54. The van der Waals surface area contributed by atoms with Crippen molar-refractivity contribution in [3.8, 4) is 0 Å². The van der Waals surface area contributed by atoms with E-state index in [1.807, 2.05) is 30.3 Å². The number of hydrogen-bond donors (Lipinski definition) is 9. The van der Waals surface area contributed by atoms with Gasteiger partial charge in [-0.2, -0.15) is 0 Å². The predicted molar refractivity (Wildman–Crippen MR) is 153 cm³/mol. The maximum Gasteiger partial charge on any atom is 0.472 e. The summed E-state index contributed by atoms with van der Waals surface area (Å²) in [7, 11) is -9.31. The Morgan fingerprint density at radius 3 is 1.80 bits per heavy atom. The van der Waals surface area contributed by atoms with E-state index in [0.29, 0.717) is 6.42 Å². The van der Waals surface area contributed by atoms with Gasteiger partial charge in [-0.1, -0.05) is 30.3 Å². The number of ether oxygens (including phenoxy) is 3. The molecule has 3 heterocycles. The minimum Gasteiger partial charge on any atom is -0.480 e. The fourth-order valence-electron chi connectivity index (χ4n) is 4.63. The lowest BCUT2D eigenvalue weighted by molar-refractivity contribution is -0.138. The maximum absolute atomic E-state index is 12.3. The zero-order chi connectivity index (χ0) is 33.4. The molecule has 0 saturated carbocycles. The number of phosphoric ester groups is 2. The van der Waals surface area contributed by atoms with Crippen LogP contribution in [0.1, 0.15) is 24.8 Å². The normalized spacial score (nSPS) is 34.8. The Hall–Kier alpha value is -1.45. The lowest BCUT2D eigenvalue weighted by atomic mass is 10.1. The number of carboxylic acids is 1. The van der Waals surface area contributed by atoms with Crippen LogP contribution in [0.5, 0.6) is 0 Å². The molecule has 21 heteroatoms. The van der Waals surface area contributed by atoms with Crippen LogP contribution in [-0.2, 0) is 52.7 Å². The van der Waals surface area contributed by atoms with Crippen LogP contribution in [0.25, 0.3) is 0 Å². The van der Waals surface area contributed by atoms with Gasteiger partial charge in [-0.05, 0) is 12.0 Å². The SMILES string of the molecule is NC1CC(O)C(COP(=O)(O)OC2CC(N)OC2COP(=O)(O)OC2CC(N)OC2CO)O1.N[C@@H](Cc1ccccc1)C(=O)O. The average molecular weight is 689 g/mol. The van der Waals surface area contributed by atoms with Crippen molar-refractivity contribution in [3.05, 3.63) is 35.9 Å². The highest BCUT2D eigenvalue weighted by atomic mass is 31.2. The van der Waals surface area contributed by atoms with Crippen molar-refractivity contribution in [1.29, 1.82) is 0 Å². The maximum atomic E-state index is 12.3. The van der Waals surface area contributed by atoms with Crippen molar-refractivity contribution in [2.45, 2.75) is 87.0 Å². The van der Waals surface area contributed by atoms with E-state index < -0.39 is 103 Å². The van der Waals surface area contributed by atoms with Gasteiger partial charge in [0.1, 0.15) is 55.2 Å². The van der Waals surface area contributed by atoms with Gasteiger partial charge >= 0.3 is 21.6 Å². The second-order valence-corrected chi connectivity index (χ2v) is 13.4. The third-order valence-corrected chi connectivity index (χ3v) is 8.87. The van der Waals surface area contributed by atoms with Gasteiger partial charge in [0.2, 0.25) is 0 Å². The van der Waals surface area contributed by atoms with Gasteiger partial charge in [0.05, 0.1) is 25.9 Å². The van der Waals surface area contributed by atoms with E-state index in [-0.39, 0.29) is 19.3 Å². The molecule has 1 aromatic carbocycles. The summed E-state index contributed by atoms with van der Waals surface area (Å²) in [5.74, 6) is -0.959. The first-order valence-corrected chi connectivity index (χ1v) is 16.9. The van der Waals surface area contributed by atoms with Gasteiger partial charge in [0.15, 0.2) is 0 Å². The quantitative estimate of drug-likeness (QED) is 0.0974. The van der Waals surface area contributed by atoms with Crippen LogP contribution in [-0.4, -0.2) is 112 Å². The van der Waals surface area contributed by atoms with E-state index in [9.17, 15) is 33.9 Å². The molecule has 0 radical (unpaired) electrons. The van der Waals surface area contributed by atoms with E-state index in [4.69, 9.17) is 60.3 Å². The molecule has 3 fully saturated rings. The van der Waals surface area contributed by atoms with E-state index in [2.05, 4.69) is 0 Å². The molecular weight excluding hydrogens is 646 g/mol. The second kappa shape index (κ2) is 17.1. The predicted octanol–water partition coefficient (Wildman–Crippen LogP) is -1.79. The fourth-order valence-corrected chi connectivity index (χ4v) is 6.55. The molecule has 3 aliphatic heterocycles. The molecule has 13 N–H and O–H groups in total. The van der Waals surface area contributed by atoms with Crippen LogP contribution in [0, 0.1) is 0 Å². The number of carbonyl (C=O) groups is 1. The number of rotatable bonds is 14. The van der Waals surface area contributed by atoms with Crippen LogP contribution in [0.15, 0.2) is 30.3 Å². The summed E-state index contributed by atoms with van der Waals surface area (Å²) in [5.41, 5.74) is 23.1. The standard InChI is InChI=1S/C15H31N3O13P2.C9H11NO2/c16-13-1-7(20)11(28-13)5-25-32(21,22)31-9-3-15(18)29-12(9)6-26-33(23,24)30-8-2-14(17)27-10(8)4-19;10-8(9(11)12)6-7-4-2-1-3-5-7/h7-15,19-20H,1-6,16-18H2,(H,21,22)(H,23,24);1-5,8H,6,10H2,(H,11,12)/t;8-/m.0/s1. The number of nitrogens with two attached hydrogens (primary N) is 4. The van der Waals surface area contributed by atoms with Gasteiger partial charge in [0.25, 0.3) is 0 Å². The summed E-state index contributed by atoms with van der Waals surface area (Å²) < 4.78 is 60.2. The molecule has 0 aromatic heterocycles. The highest BCUT2D eigenvalue weighted by Gasteiger charge is 2.44. The van der Waals surface area contributed by atoms with Crippen molar-refractivity contribution in [1.82, 2.24) is 0 Å². The third kappa shape index (κ3) is 12.6. The first kappa shape index (κ1) is 38.0. The number of aliphatic carboxylic acids is 1. The molecule has 1 aromatic rings. The average Bonchev–Trinajstić information content (AvgIpc) is 3.60. The van der Waals surface area contributed by atoms with Crippen molar-refractivity contribution in [2.75, 3.05) is 19.8 Å². The van der Waals surface area contributed by atoms with Crippen molar-refractivity contribution < 1.29 is 71.3 Å². The summed E-state index contributed by atoms with van der Waals surface area (Å²) in [4.78, 5) is 30.4. The minimum atomic E-state index is -4.66. The lowest BCUT2D eigenvalue weighted by Crippen LogP contribution is -2.32. The number of benzene rings is 1. The zero-order valence-electron chi connectivity index (χ0n) is 24.1. The Labute approximate surface area is 258 Å². The number of aliphatic hydroxyl groups is 2. The Bertz CT molecular complexity index is 1170. The van der Waals surface area contributed by atoms with Gasteiger partial charge in [-0.15, -0.1) is 0 Å². The highest BCUT2D eigenvalue weighted by Crippen LogP contribution is 2.50. The van der Waals surface area contributed by atoms with Gasteiger partial charge in [0, 0.05) is 19.3 Å². The Kier molecular flexibility index (Phi) is 14.4. The summed E-state index contributed by atoms with van der Waals surface area (Å²) in [5, 5.41) is 27.5. The van der Waals surface area contributed by atoms with Crippen molar-refractivity contribution in [2.24, 2.45) is 22.9 Å². The first-order chi connectivity index (χ1) is 21.1. The van der Waals surface area contributed by atoms with E-state index >= 15 is 0 Å².